The average Bonchev–Trinajstić information content (AvgIpc) is 3.15. The minimum absolute atomic E-state index is 0.0879. The molecule has 0 atom stereocenters. The summed E-state index contributed by atoms with van der Waals surface area (Å²) in [6.07, 6.45) is -1.69. The predicted octanol–water partition coefficient (Wildman–Crippen LogP) is 4.22. The van der Waals surface area contributed by atoms with Gasteiger partial charge in [0.1, 0.15) is 0 Å². The molecule has 1 saturated carbocycles. The number of nitrogens with one attached hydrogen (secondary N) is 1. The number of alkyl halides is 3. The number of halogens is 3. The maximum atomic E-state index is 12.9. The Morgan fingerprint density at radius 2 is 2.05 bits per heavy atom. The van der Waals surface area contributed by atoms with Crippen LogP contribution in [0.5, 0.6) is 0 Å². The molecule has 1 aromatic rings. The molecule has 20 heavy (non-hydrogen) atoms. The number of benzene rings is 1. The number of nitro groups is 1. The van der Waals surface area contributed by atoms with Gasteiger partial charge in [-0.2, -0.15) is 13.2 Å². The molecule has 1 N–H and O–H groups in total. The van der Waals surface area contributed by atoms with E-state index in [1.54, 1.807) is 0 Å². The standard InChI is InChI=1S/C13H15F3N2O2/c1-2-12(5-6-12)8-17-11-4-3-9(18(19)20)7-10(11)13(14,15)16/h3-4,7,17H,2,5-6,8H2,1H3. The molecule has 0 aliphatic heterocycles. The Morgan fingerprint density at radius 1 is 1.40 bits per heavy atom. The first kappa shape index (κ1) is 14.6. The van der Waals surface area contributed by atoms with Gasteiger partial charge < -0.3 is 5.32 Å². The number of non-ortho nitro benzene ring substituents is 1. The minimum Gasteiger partial charge on any atom is -0.384 e. The molecule has 0 heterocycles. The van der Waals surface area contributed by atoms with Gasteiger partial charge in [-0.1, -0.05) is 6.92 Å². The average molecular weight is 288 g/mol. The zero-order valence-electron chi connectivity index (χ0n) is 11.0. The highest BCUT2D eigenvalue weighted by atomic mass is 19.4. The molecule has 0 saturated heterocycles. The SMILES string of the molecule is CCC1(CNc2ccc([N+](=O)[O-])cc2C(F)(F)F)CC1. The Bertz CT molecular complexity index is 525. The van der Waals surface area contributed by atoms with Crippen molar-refractivity contribution in [2.24, 2.45) is 5.41 Å². The van der Waals surface area contributed by atoms with Gasteiger partial charge in [0, 0.05) is 24.4 Å². The quantitative estimate of drug-likeness (QED) is 0.652. The largest absolute Gasteiger partial charge is 0.418 e. The van der Waals surface area contributed by atoms with E-state index in [0.717, 1.165) is 31.4 Å². The first-order valence-electron chi connectivity index (χ1n) is 6.37. The summed E-state index contributed by atoms with van der Waals surface area (Å²) in [5.74, 6) is 0. The molecule has 0 bridgehead atoms. The van der Waals surface area contributed by atoms with Crippen LogP contribution in [-0.2, 0) is 6.18 Å². The van der Waals surface area contributed by atoms with Crippen LogP contribution < -0.4 is 5.32 Å². The van der Waals surface area contributed by atoms with Crippen LogP contribution in [0.3, 0.4) is 0 Å². The van der Waals surface area contributed by atoms with Crippen molar-refractivity contribution in [2.45, 2.75) is 32.4 Å². The van der Waals surface area contributed by atoms with Crippen molar-refractivity contribution < 1.29 is 18.1 Å². The number of nitro benzene ring substituents is 1. The van der Waals surface area contributed by atoms with Crippen molar-refractivity contribution in [3.63, 3.8) is 0 Å². The fourth-order valence-corrected chi connectivity index (χ4v) is 2.15. The molecule has 110 valence electrons. The van der Waals surface area contributed by atoms with Gasteiger partial charge in [-0.05, 0) is 30.7 Å². The summed E-state index contributed by atoms with van der Waals surface area (Å²) in [5.41, 5.74) is -1.55. The number of nitrogens with zero attached hydrogens (tertiary/aromatic N) is 1. The van der Waals surface area contributed by atoms with Crippen molar-refractivity contribution in [1.29, 1.82) is 0 Å². The zero-order chi connectivity index (χ0) is 15.0. The van der Waals surface area contributed by atoms with E-state index in [4.69, 9.17) is 0 Å². The molecule has 4 nitrogen and oxygen atoms in total. The molecule has 2 rings (SSSR count). The first-order valence-corrected chi connectivity index (χ1v) is 6.37. The lowest BCUT2D eigenvalue weighted by Crippen LogP contribution is -2.18. The Kier molecular flexibility index (Phi) is 3.62. The smallest absolute Gasteiger partial charge is 0.384 e. The lowest BCUT2D eigenvalue weighted by atomic mass is 10.0. The molecule has 0 radical (unpaired) electrons. The summed E-state index contributed by atoms with van der Waals surface area (Å²) in [6.45, 7) is 2.47. The topological polar surface area (TPSA) is 55.2 Å². The van der Waals surface area contributed by atoms with Gasteiger partial charge in [0.25, 0.3) is 5.69 Å². The third-order valence-electron chi connectivity index (χ3n) is 3.88. The highest BCUT2D eigenvalue weighted by Crippen LogP contribution is 2.49. The number of hydrogen-bond acceptors (Lipinski definition) is 3. The second-order valence-electron chi connectivity index (χ2n) is 5.19. The van der Waals surface area contributed by atoms with E-state index >= 15 is 0 Å². The fraction of sp³-hybridized carbons (Fsp3) is 0.538. The van der Waals surface area contributed by atoms with Crippen LogP contribution in [0.25, 0.3) is 0 Å². The molecule has 1 fully saturated rings. The highest BCUT2D eigenvalue weighted by Gasteiger charge is 2.41. The fourth-order valence-electron chi connectivity index (χ4n) is 2.15. The van der Waals surface area contributed by atoms with Crippen LogP contribution in [-0.4, -0.2) is 11.5 Å². The van der Waals surface area contributed by atoms with Crippen LogP contribution >= 0.6 is 0 Å². The van der Waals surface area contributed by atoms with E-state index in [2.05, 4.69) is 5.32 Å². The summed E-state index contributed by atoms with van der Waals surface area (Å²) < 4.78 is 38.8. The van der Waals surface area contributed by atoms with Gasteiger partial charge in [0.2, 0.25) is 0 Å². The van der Waals surface area contributed by atoms with E-state index in [1.165, 1.54) is 0 Å². The van der Waals surface area contributed by atoms with Gasteiger partial charge in [0.15, 0.2) is 0 Å². The van der Waals surface area contributed by atoms with Crippen LogP contribution in [0, 0.1) is 15.5 Å². The highest BCUT2D eigenvalue weighted by molar-refractivity contribution is 5.57. The summed E-state index contributed by atoms with van der Waals surface area (Å²) in [6, 6.07) is 2.80. The van der Waals surface area contributed by atoms with Crippen LogP contribution in [0.15, 0.2) is 18.2 Å². The van der Waals surface area contributed by atoms with Crippen molar-refractivity contribution in [3.8, 4) is 0 Å². The molecule has 0 unspecified atom stereocenters. The Labute approximate surface area is 114 Å². The second kappa shape index (κ2) is 4.96. The van der Waals surface area contributed by atoms with E-state index in [1.807, 2.05) is 6.92 Å². The van der Waals surface area contributed by atoms with Crippen LogP contribution in [0.4, 0.5) is 24.5 Å². The number of anilines is 1. The van der Waals surface area contributed by atoms with Crippen LogP contribution in [0.2, 0.25) is 0 Å². The Hall–Kier alpha value is -1.79. The molecule has 1 aliphatic rings. The summed E-state index contributed by atoms with van der Waals surface area (Å²) in [4.78, 5) is 9.76. The van der Waals surface area contributed by atoms with Gasteiger partial charge in [-0.15, -0.1) is 0 Å². The monoisotopic (exact) mass is 288 g/mol. The lowest BCUT2D eigenvalue weighted by Gasteiger charge is -2.18. The molecule has 0 amide bonds. The van der Waals surface area contributed by atoms with E-state index < -0.39 is 22.4 Å². The maximum Gasteiger partial charge on any atom is 0.418 e. The summed E-state index contributed by atoms with van der Waals surface area (Å²) in [7, 11) is 0. The van der Waals surface area contributed by atoms with Gasteiger partial charge in [-0.3, -0.25) is 10.1 Å². The normalized spacial score (nSPS) is 16.8. The molecule has 7 heteroatoms. The van der Waals surface area contributed by atoms with Gasteiger partial charge >= 0.3 is 6.18 Å². The predicted molar refractivity (Wildman–Crippen MR) is 68.5 cm³/mol. The molecular weight excluding hydrogens is 273 g/mol. The lowest BCUT2D eigenvalue weighted by molar-refractivity contribution is -0.385. The third-order valence-corrected chi connectivity index (χ3v) is 3.88. The third kappa shape index (κ3) is 3.02. The summed E-state index contributed by atoms with van der Waals surface area (Å²) >= 11 is 0. The van der Waals surface area contributed by atoms with Crippen molar-refractivity contribution in [3.05, 3.63) is 33.9 Å². The van der Waals surface area contributed by atoms with E-state index in [-0.39, 0.29) is 11.1 Å². The number of rotatable bonds is 5. The number of hydrogen-bond donors (Lipinski definition) is 1. The molecule has 1 aromatic carbocycles. The summed E-state index contributed by atoms with van der Waals surface area (Å²) in [5, 5.41) is 13.4. The maximum absolute atomic E-state index is 12.9. The Balaban J connectivity index is 2.25. The van der Waals surface area contributed by atoms with Gasteiger partial charge in [0.05, 0.1) is 10.5 Å². The zero-order valence-corrected chi connectivity index (χ0v) is 11.0. The molecule has 1 aliphatic carbocycles. The second-order valence-corrected chi connectivity index (χ2v) is 5.19. The van der Waals surface area contributed by atoms with Crippen LogP contribution in [0.1, 0.15) is 31.7 Å². The molecular formula is C13H15F3N2O2. The first-order chi connectivity index (χ1) is 9.27. The van der Waals surface area contributed by atoms with E-state index in [0.29, 0.717) is 12.6 Å². The molecule has 0 aromatic heterocycles. The molecule has 0 spiro atoms. The Morgan fingerprint density at radius 3 is 2.50 bits per heavy atom. The van der Waals surface area contributed by atoms with Crippen molar-refractivity contribution in [1.82, 2.24) is 0 Å². The van der Waals surface area contributed by atoms with E-state index in [9.17, 15) is 23.3 Å². The van der Waals surface area contributed by atoms with Gasteiger partial charge in [-0.25, -0.2) is 0 Å². The van der Waals surface area contributed by atoms with Crippen molar-refractivity contribution >= 4 is 11.4 Å². The minimum atomic E-state index is -4.61. The van der Waals surface area contributed by atoms with Crippen molar-refractivity contribution in [2.75, 3.05) is 11.9 Å².